The summed E-state index contributed by atoms with van der Waals surface area (Å²) >= 11 is 0. The minimum atomic E-state index is -0.249. The first-order valence-electron chi connectivity index (χ1n) is 8.34. The number of carbonyl (C=O) groups excluding carboxylic acids is 2. The Balaban J connectivity index is 1.69. The van der Waals surface area contributed by atoms with Gasteiger partial charge in [-0.25, -0.2) is 9.78 Å². The maximum atomic E-state index is 12.6. The molecular weight excluding hydrogens is 310 g/mol. The van der Waals surface area contributed by atoms with Crippen molar-refractivity contribution in [3.63, 3.8) is 0 Å². The molecule has 2 aliphatic heterocycles. The van der Waals surface area contributed by atoms with Gasteiger partial charge < -0.3 is 20.1 Å². The number of rotatable bonds is 3. The molecular formula is C16H23N5O3. The van der Waals surface area contributed by atoms with E-state index in [0.29, 0.717) is 43.3 Å². The predicted molar refractivity (Wildman–Crippen MR) is 87.7 cm³/mol. The Morgan fingerprint density at radius 1 is 1.29 bits per heavy atom. The van der Waals surface area contributed by atoms with Crippen molar-refractivity contribution in [1.82, 2.24) is 25.1 Å². The van der Waals surface area contributed by atoms with Crippen molar-refractivity contribution in [3.05, 3.63) is 27.4 Å². The fraction of sp³-hybridized carbons (Fsp3) is 0.625. The highest BCUT2D eigenvalue weighted by Gasteiger charge is 2.33. The number of amides is 3. The molecule has 0 saturated carbocycles. The SMILES string of the molecule is Cc1nc(C)c(CC(=O)N2CCC[C@@H](N3CCNC3=O)C2)c(=O)[nH]1. The lowest BCUT2D eigenvalue weighted by Crippen LogP contribution is -2.51. The van der Waals surface area contributed by atoms with Crippen molar-refractivity contribution in [3.8, 4) is 0 Å². The van der Waals surface area contributed by atoms with Gasteiger partial charge in [-0.2, -0.15) is 0 Å². The zero-order valence-electron chi connectivity index (χ0n) is 14.1. The highest BCUT2D eigenvalue weighted by Crippen LogP contribution is 2.18. The van der Waals surface area contributed by atoms with E-state index in [-0.39, 0.29) is 30.0 Å². The molecule has 3 amide bonds. The quantitative estimate of drug-likeness (QED) is 0.810. The second kappa shape index (κ2) is 6.62. The lowest BCUT2D eigenvalue weighted by molar-refractivity contribution is -0.132. The molecule has 1 aromatic rings. The minimum Gasteiger partial charge on any atom is -0.340 e. The van der Waals surface area contributed by atoms with Crippen molar-refractivity contribution < 1.29 is 9.59 Å². The van der Waals surface area contributed by atoms with Crippen LogP contribution in [0.2, 0.25) is 0 Å². The van der Waals surface area contributed by atoms with E-state index in [1.807, 2.05) is 4.90 Å². The van der Waals surface area contributed by atoms with Crippen LogP contribution in [0.1, 0.15) is 29.9 Å². The van der Waals surface area contributed by atoms with Crippen LogP contribution >= 0.6 is 0 Å². The molecule has 2 fully saturated rings. The van der Waals surface area contributed by atoms with E-state index in [2.05, 4.69) is 15.3 Å². The van der Waals surface area contributed by atoms with Gasteiger partial charge in [0.25, 0.3) is 5.56 Å². The number of aryl methyl sites for hydroxylation is 2. The number of hydrogen-bond donors (Lipinski definition) is 2. The molecule has 0 unspecified atom stereocenters. The summed E-state index contributed by atoms with van der Waals surface area (Å²) in [5.41, 5.74) is 0.768. The topological polar surface area (TPSA) is 98.4 Å². The number of urea groups is 1. The molecule has 2 saturated heterocycles. The predicted octanol–water partition coefficient (Wildman–Crippen LogP) is -0.0546. The molecule has 0 aliphatic carbocycles. The second-order valence-electron chi connectivity index (χ2n) is 6.45. The average Bonchev–Trinajstić information content (AvgIpc) is 2.97. The molecule has 0 bridgehead atoms. The molecule has 1 aromatic heterocycles. The Hall–Kier alpha value is -2.38. The summed E-state index contributed by atoms with van der Waals surface area (Å²) in [4.78, 5) is 47.0. The summed E-state index contributed by atoms with van der Waals surface area (Å²) in [5, 5.41) is 2.80. The van der Waals surface area contributed by atoms with E-state index >= 15 is 0 Å². The van der Waals surface area contributed by atoms with Gasteiger partial charge in [0.15, 0.2) is 0 Å². The van der Waals surface area contributed by atoms with Crippen LogP contribution in [0.25, 0.3) is 0 Å². The molecule has 2 N–H and O–H groups in total. The number of piperidine rings is 1. The number of nitrogens with one attached hydrogen (secondary N) is 2. The van der Waals surface area contributed by atoms with Gasteiger partial charge in [0.1, 0.15) is 5.82 Å². The fourth-order valence-corrected chi connectivity index (χ4v) is 3.49. The Labute approximate surface area is 140 Å². The molecule has 2 aliphatic rings. The summed E-state index contributed by atoms with van der Waals surface area (Å²) in [6.45, 7) is 6.01. The Morgan fingerprint density at radius 2 is 2.08 bits per heavy atom. The maximum absolute atomic E-state index is 12.6. The van der Waals surface area contributed by atoms with Crippen molar-refractivity contribution in [2.24, 2.45) is 0 Å². The number of carbonyl (C=O) groups is 2. The van der Waals surface area contributed by atoms with Crippen LogP contribution in [0.15, 0.2) is 4.79 Å². The van der Waals surface area contributed by atoms with Crippen LogP contribution in [-0.4, -0.2) is 63.9 Å². The van der Waals surface area contributed by atoms with Gasteiger partial charge in [0.05, 0.1) is 12.5 Å². The second-order valence-corrected chi connectivity index (χ2v) is 6.45. The van der Waals surface area contributed by atoms with Gasteiger partial charge >= 0.3 is 6.03 Å². The molecule has 8 nitrogen and oxygen atoms in total. The molecule has 130 valence electrons. The number of aromatic nitrogens is 2. The Kier molecular flexibility index (Phi) is 4.55. The van der Waals surface area contributed by atoms with E-state index in [0.717, 1.165) is 12.8 Å². The third-order valence-electron chi connectivity index (χ3n) is 4.75. The van der Waals surface area contributed by atoms with Gasteiger partial charge in [0.2, 0.25) is 5.91 Å². The minimum absolute atomic E-state index is 0.0490. The fourth-order valence-electron chi connectivity index (χ4n) is 3.49. The highest BCUT2D eigenvalue weighted by molar-refractivity contribution is 5.79. The number of likely N-dealkylation sites (tertiary alicyclic amines) is 1. The van der Waals surface area contributed by atoms with Crippen molar-refractivity contribution in [2.75, 3.05) is 26.2 Å². The summed E-state index contributed by atoms with van der Waals surface area (Å²) in [6.07, 6.45) is 1.82. The van der Waals surface area contributed by atoms with Crippen molar-refractivity contribution in [1.29, 1.82) is 0 Å². The number of hydrogen-bond acceptors (Lipinski definition) is 4. The van der Waals surface area contributed by atoms with Crippen molar-refractivity contribution >= 4 is 11.9 Å². The molecule has 3 heterocycles. The summed E-state index contributed by atoms with van der Waals surface area (Å²) in [7, 11) is 0. The van der Waals surface area contributed by atoms with Crippen LogP contribution < -0.4 is 10.9 Å². The average molecular weight is 333 g/mol. The first-order valence-corrected chi connectivity index (χ1v) is 8.34. The van der Waals surface area contributed by atoms with E-state index < -0.39 is 0 Å². The largest absolute Gasteiger partial charge is 0.340 e. The van der Waals surface area contributed by atoms with Gasteiger partial charge in [-0.1, -0.05) is 0 Å². The molecule has 0 aromatic carbocycles. The van der Waals surface area contributed by atoms with Crippen LogP contribution in [0, 0.1) is 13.8 Å². The zero-order chi connectivity index (χ0) is 17.3. The molecule has 24 heavy (non-hydrogen) atoms. The standard InChI is InChI=1S/C16H23N5O3/c1-10-13(15(23)19-11(2)18-10)8-14(22)20-6-3-4-12(9-20)21-7-5-17-16(21)24/h12H,3-9H2,1-2H3,(H,17,24)(H,18,19,23)/t12-/m1/s1. The number of H-pyrrole nitrogens is 1. The lowest BCUT2D eigenvalue weighted by Gasteiger charge is -2.37. The molecule has 0 spiro atoms. The Bertz CT molecular complexity index is 714. The number of nitrogens with zero attached hydrogens (tertiary/aromatic N) is 3. The van der Waals surface area contributed by atoms with Gasteiger partial charge in [-0.05, 0) is 26.7 Å². The van der Waals surface area contributed by atoms with E-state index in [1.54, 1.807) is 18.7 Å². The summed E-state index contributed by atoms with van der Waals surface area (Å²) < 4.78 is 0. The van der Waals surface area contributed by atoms with Gasteiger partial charge in [-0.15, -0.1) is 0 Å². The molecule has 3 rings (SSSR count). The maximum Gasteiger partial charge on any atom is 0.317 e. The lowest BCUT2D eigenvalue weighted by atomic mass is 10.0. The monoisotopic (exact) mass is 333 g/mol. The third kappa shape index (κ3) is 3.27. The van der Waals surface area contributed by atoms with Gasteiger partial charge in [0, 0.05) is 37.4 Å². The van der Waals surface area contributed by atoms with Crippen LogP contribution in [0.3, 0.4) is 0 Å². The summed E-state index contributed by atoms with van der Waals surface area (Å²) in [6, 6.07) is 0.00467. The normalized spacial score (nSPS) is 21.1. The molecule has 8 heteroatoms. The van der Waals surface area contributed by atoms with Crippen LogP contribution in [0.4, 0.5) is 4.79 Å². The molecule has 0 radical (unpaired) electrons. The third-order valence-corrected chi connectivity index (χ3v) is 4.75. The highest BCUT2D eigenvalue weighted by atomic mass is 16.2. The summed E-state index contributed by atoms with van der Waals surface area (Å²) in [5.74, 6) is 0.463. The van der Waals surface area contributed by atoms with Crippen molar-refractivity contribution in [2.45, 2.75) is 39.2 Å². The van der Waals surface area contributed by atoms with E-state index in [1.165, 1.54) is 0 Å². The Morgan fingerprint density at radius 3 is 2.75 bits per heavy atom. The van der Waals surface area contributed by atoms with E-state index in [4.69, 9.17) is 0 Å². The van der Waals surface area contributed by atoms with E-state index in [9.17, 15) is 14.4 Å². The van der Waals surface area contributed by atoms with Crippen LogP contribution in [-0.2, 0) is 11.2 Å². The number of aromatic amines is 1. The smallest absolute Gasteiger partial charge is 0.317 e. The first-order chi connectivity index (χ1) is 11.5. The molecule has 1 atom stereocenters. The van der Waals surface area contributed by atoms with Crippen LogP contribution in [0.5, 0.6) is 0 Å². The first kappa shape index (κ1) is 16.5. The van der Waals surface area contributed by atoms with Gasteiger partial charge in [-0.3, -0.25) is 9.59 Å². The zero-order valence-corrected chi connectivity index (χ0v) is 14.1.